The van der Waals surface area contributed by atoms with Crippen molar-refractivity contribution in [1.82, 2.24) is 9.38 Å². The van der Waals surface area contributed by atoms with Crippen molar-refractivity contribution in [2.45, 2.75) is 6.92 Å². The summed E-state index contributed by atoms with van der Waals surface area (Å²) in [7, 11) is 0. The minimum absolute atomic E-state index is 0.321. The molecule has 0 aliphatic rings. The van der Waals surface area contributed by atoms with Crippen LogP contribution in [0, 0.1) is 6.92 Å². The summed E-state index contributed by atoms with van der Waals surface area (Å²) in [6.45, 7) is 1.86. The van der Waals surface area contributed by atoms with Gasteiger partial charge in [-0.3, -0.25) is 4.40 Å². The van der Waals surface area contributed by atoms with E-state index in [0.717, 1.165) is 21.8 Å². The number of carbonyl (C=O) groups excluding carboxylic acids is 1. The van der Waals surface area contributed by atoms with E-state index in [0.29, 0.717) is 16.4 Å². The number of anilines is 2. The fraction of sp³-hybridized carbons (Fsp3) is 0.0526. The lowest BCUT2D eigenvalue weighted by atomic mass is 10.1. The predicted molar refractivity (Wildman–Crippen MR) is 107 cm³/mol. The van der Waals surface area contributed by atoms with E-state index in [1.165, 1.54) is 0 Å². The molecule has 2 aromatic carbocycles. The fourth-order valence-electron chi connectivity index (χ4n) is 2.65. The summed E-state index contributed by atoms with van der Waals surface area (Å²) in [4.78, 5) is 17.8. The number of thiazole rings is 1. The molecule has 0 atom stereocenters. The topological polar surface area (TPSA) is 58.4 Å². The number of amides is 2. The monoisotopic (exact) mass is 382 g/mol. The van der Waals surface area contributed by atoms with Crippen LogP contribution in [0.5, 0.6) is 0 Å². The Balaban J connectivity index is 1.52. The molecule has 0 unspecified atom stereocenters. The van der Waals surface area contributed by atoms with Crippen molar-refractivity contribution >= 4 is 45.3 Å². The molecule has 0 aliphatic carbocycles. The lowest BCUT2D eigenvalue weighted by Gasteiger charge is -2.11. The van der Waals surface area contributed by atoms with Crippen LogP contribution in [0.4, 0.5) is 16.2 Å². The summed E-state index contributed by atoms with van der Waals surface area (Å²) < 4.78 is 1.98. The van der Waals surface area contributed by atoms with Crippen LogP contribution in [-0.2, 0) is 0 Å². The number of carbonyl (C=O) groups is 1. The average Bonchev–Trinajstić information content (AvgIpc) is 3.21. The van der Waals surface area contributed by atoms with Crippen LogP contribution in [0.15, 0.2) is 60.2 Å². The number of hydrogen-bond donors (Lipinski definition) is 2. The molecule has 2 heterocycles. The molecule has 2 N–H and O–H groups in total. The van der Waals surface area contributed by atoms with Crippen LogP contribution in [0.25, 0.3) is 16.2 Å². The Bertz CT molecular complexity index is 1070. The van der Waals surface area contributed by atoms with Crippen LogP contribution in [0.3, 0.4) is 0 Å². The summed E-state index contributed by atoms with van der Waals surface area (Å²) >= 11 is 7.67. The van der Waals surface area contributed by atoms with Crippen molar-refractivity contribution in [3.05, 3.63) is 70.8 Å². The van der Waals surface area contributed by atoms with Gasteiger partial charge >= 0.3 is 6.03 Å². The first-order valence-electron chi connectivity index (χ1n) is 7.96. The quantitative estimate of drug-likeness (QED) is 0.479. The second-order valence-corrected chi connectivity index (χ2v) is 7.07. The number of nitrogens with zero attached hydrogens (tertiary/aromatic N) is 2. The Labute approximate surface area is 159 Å². The molecular formula is C19H15ClN4OS. The summed E-state index contributed by atoms with van der Waals surface area (Å²) in [6.07, 6.45) is 3.94. The van der Waals surface area contributed by atoms with Gasteiger partial charge in [-0.1, -0.05) is 29.8 Å². The molecular weight excluding hydrogens is 368 g/mol. The Hall–Kier alpha value is -2.83. The maximum Gasteiger partial charge on any atom is 0.323 e. The van der Waals surface area contributed by atoms with Crippen molar-refractivity contribution in [1.29, 1.82) is 0 Å². The lowest BCUT2D eigenvalue weighted by molar-refractivity contribution is 0.262. The molecule has 0 saturated carbocycles. The van der Waals surface area contributed by atoms with Crippen molar-refractivity contribution in [3.8, 4) is 11.3 Å². The molecule has 5 nitrogen and oxygen atoms in total. The summed E-state index contributed by atoms with van der Waals surface area (Å²) in [5.41, 5.74) is 4.01. The summed E-state index contributed by atoms with van der Waals surface area (Å²) in [5, 5.41) is 8.28. The fourth-order valence-corrected chi connectivity index (χ4v) is 3.52. The van der Waals surface area contributed by atoms with Crippen molar-refractivity contribution in [2.24, 2.45) is 0 Å². The van der Waals surface area contributed by atoms with Crippen molar-refractivity contribution in [3.63, 3.8) is 0 Å². The summed E-state index contributed by atoms with van der Waals surface area (Å²) in [6, 6.07) is 12.7. The number of fused-ring (bicyclic) bond motifs is 1. The van der Waals surface area contributed by atoms with E-state index < -0.39 is 0 Å². The zero-order valence-electron chi connectivity index (χ0n) is 13.9. The third-order valence-corrected chi connectivity index (χ3v) is 5.21. The molecule has 0 radical (unpaired) electrons. The van der Waals surface area contributed by atoms with Gasteiger partial charge < -0.3 is 10.6 Å². The molecule has 0 saturated heterocycles. The first-order chi connectivity index (χ1) is 12.6. The molecule has 4 rings (SSSR count). The van der Waals surface area contributed by atoms with Gasteiger partial charge in [0, 0.05) is 39.7 Å². The van der Waals surface area contributed by atoms with E-state index in [1.807, 2.05) is 59.4 Å². The van der Waals surface area contributed by atoms with Crippen molar-refractivity contribution < 1.29 is 4.79 Å². The maximum absolute atomic E-state index is 12.3. The minimum atomic E-state index is -0.321. The number of hydrogen-bond acceptors (Lipinski definition) is 3. The lowest BCUT2D eigenvalue weighted by Crippen LogP contribution is -2.20. The van der Waals surface area contributed by atoms with E-state index in [2.05, 4.69) is 15.6 Å². The predicted octanol–water partition coefficient (Wildman–Crippen LogP) is 5.67. The average molecular weight is 383 g/mol. The molecule has 0 fully saturated rings. The second kappa shape index (κ2) is 6.82. The molecule has 130 valence electrons. The van der Waals surface area contributed by atoms with Gasteiger partial charge in [-0.2, -0.15) is 0 Å². The van der Waals surface area contributed by atoms with Crippen molar-refractivity contribution in [2.75, 3.05) is 10.6 Å². The van der Waals surface area contributed by atoms with E-state index in [4.69, 9.17) is 11.6 Å². The SMILES string of the molecule is Cc1c(Cl)cccc1NC(=O)Nc1cccc(-c2cn3ccsc3n2)c1. The smallest absolute Gasteiger partial charge is 0.308 e. The van der Waals surface area contributed by atoms with Gasteiger partial charge in [0.2, 0.25) is 0 Å². The number of benzene rings is 2. The number of aromatic nitrogens is 2. The van der Waals surface area contributed by atoms with Crippen LogP contribution in [0.1, 0.15) is 5.56 Å². The minimum Gasteiger partial charge on any atom is -0.308 e. The molecule has 7 heteroatoms. The van der Waals surface area contributed by atoms with Crippen LogP contribution in [-0.4, -0.2) is 15.4 Å². The van der Waals surface area contributed by atoms with E-state index >= 15 is 0 Å². The van der Waals surface area contributed by atoms with Gasteiger partial charge in [0.15, 0.2) is 4.96 Å². The molecule has 0 bridgehead atoms. The Morgan fingerprint density at radius 3 is 2.88 bits per heavy atom. The Kier molecular flexibility index (Phi) is 4.36. The number of rotatable bonds is 3. The molecule has 2 amide bonds. The first kappa shape index (κ1) is 16.6. The van der Waals surface area contributed by atoms with E-state index in [1.54, 1.807) is 23.5 Å². The van der Waals surface area contributed by atoms with Crippen LogP contribution < -0.4 is 10.6 Å². The van der Waals surface area contributed by atoms with E-state index in [-0.39, 0.29) is 6.03 Å². The Morgan fingerprint density at radius 1 is 1.19 bits per heavy atom. The van der Waals surface area contributed by atoms with Gasteiger partial charge in [-0.25, -0.2) is 9.78 Å². The van der Waals surface area contributed by atoms with Gasteiger partial charge in [0.05, 0.1) is 5.69 Å². The second-order valence-electron chi connectivity index (χ2n) is 5.79. The molecule has 4 aromatic rings. The number of imidazole rings is 1. The highest BCUT2D eigenvalue weighted by atomic mass is 35.5. The summed E-state index contributed by atoms with van der Waals surface area (Å²) in [5.74, 6) is 0. The zero-order valence-corrected chi connectivity index (χ0v) is 15.4. The molecule has 0 spiro atoms. The maximum atomic E-state index is 12.3. The van der Waals surface area contributed by atoms with E-state index in [9.17, 15) is 4.79 Å². The normalized spacial score (nSPS) is 10.8. The van der Waals surface area contributed by atoms with Gasteiger partial charge in [-0.15, -0.1) is 11.3 Å². The molecule has 2 aromatic heterocycles. The van der Waals surface area contributed by atoms with Gasteiger partial charge in [0.1, 0.15) is 0 Å². The number of halogens is 1. The highest BCUT2D eigenvalue weighted by Crippen LogP contribution is 2.25. The highest BCUT2D eigenvalue weighted by molar-refractivity contribution is 7.15. The first-order valence-corrected chi connectivity index (χ1v) is 9.22. The van der Waals surface area contributed by atoms with Crippen LogP contribution in [0.2, 0.25) is 5.02 Å². The number of urea groups is 1. The third-order valence-electron chi connectivity index (χ3n) is 4.03. The highest BCUT2D eigenvalue weighted by Gasteiger charge is 2.09. The van der Waals surface area contributed by atoms with Gasteiger partial charge in [0.25, 0.3) is 0 Å². The van der Waals surface area contributed by atoms with Gasteiger partial charge in [-0.05, 0) is 36.8 Å². The van der Waals surface area contributed by atoms with Crippen LogP contribution >= 0.6 is 22.9 Å². The zero-order chi connectivity index (χ0) is 18.1. The Morgan fingerprint density at radius 2 is 2.04 bits per heavy atom. The molecule has 0 aliphatic heterocycles. The number of nitrogens with one attached hydrogen (secondary N) is 2. The third kappa shape index (κ3) is 3.29. The standard InChI is InChI=1S/C19H15ClN4OS/c1-12-15(20)6-3-7-16(12)22-18(25)21-14-5-2-4-13(10-14)17-11-24-8-9-26-19(24)23-17/h2-11H,1H3,(H2,21,22,25). The largest absolute Gasteiger partial charge is 0.323 e. The molecule has 26 heavy (non-hydrogen) atoms.